The lowest BCUT2D eigenvalue weighted by Gasteiger charge is -2.26. The van der Waals surface area contributed by atoms with Crippen molar-refractivity contribution in [2.24, 2.45) is 0 Å². The third-order valence-corrected chi connectivity index (χ3v) is 9.04. The Balaban J connectivity index is 1.69. The fraction of sp³-hybridized carbons (Fsp3) is 0.440. The highest BCUT2D eigenvalue weighted by Crippen LogP contribution is 2.32. The van der Waals surface area contributed by atoms with Crippen molar-refractivity contribution < 1.29 is 13.2 Å². The van der Waals surface area contributed by atoms with Gasteiger partial charge in [-0.25, -0.2) is 8.42 Å². The Kier molecular flexibility index (Phi) is 7.91. The van der Waals surface area contributed by atoms with Crippen molar-refractivity contribution in [1.29, 1.82) is 0 Å². The minimum Gasteiger partial charge on any atom is -0.338 e. The Hall–Kier alpha value is -2.72. The Morgan fingerprint density at radius 2 is 1.86 bits per heavy atom. The average molecular weight is 514 g/mol. The summed E-state index contributed by atoms with van der Waals surface area (Å²) in [7, 11) is -3.07. The third kappa shape index (κ3) is 5.43. The van der Waals surface area contributed by atoms with Crippen LogP contribution in [0, 0.1) is 0 Å². The standard InChI is InChI=1S/C25H31N5O3S2/c1-4-18-9-7-10-19(5-2)23(18)30-24(20-11-8-13-26-15-20)27-28-25(30)34-16-22(31)29(6-3)21-12-14-35(32,33)17-21/h7-11,13,15,21H,4-6,12,14,16-17H2,1-3H3/t21-/m1/s1. The van der Waals surface area contributed by atoms with Crippen LogP contribution < -0.4 is 0 Å². The van der Waals surface area contributed by atoms with Gasteiger partial charge >= 0.3 is 0 Å². The predicted molar refractivity (Wildman–Crippen MR) is 139 cm³/mol. The topological polar surface area (TPSA) is 98.1 Å². The van der Waals surface area contributed by atoms with E-state index in [4.69, 9.17) is 0 Å². The number of aromatic nitrogens is 4. The molecule has 3 aromatic rings. The van der Waals surface area contributed by atoms with Crippen LogP contribution in [0.5, 0.6) is 0 Å². The van der Waals surface area contributed by atoms with Gasteiger partial charge in [0.25, 0.3) is 0 Å². The van der Waals surface area contributed by atoms with Gasteiger partial charge in [0.2, 0.25) is 5.91 Å². The summed E-state index contributed by atoms with van der Waals surface area (Å²) in [6.45, 7) is 6.61. The van der Waals surface area contributed by atoms with Gasteiger partial charge in [-0.2, -0.15) is 0 Å². The predicted octanol–water partition coefficient (Wildman–Crippen LogP) is 3.58. The van der Waals surface area contributed by atoms with Crippen LogP contribution in [0.3, 0.4) is 0 Å². The van der Waals surface area contributed by atoms with Crippen LogP contribution in [-0.2, 0) is 27.5 Å². The fourth-order valence-electron chi connectivity index (χ4n) is 4.62. The first-order chi connectivity index (χ1) is 16.9. The van der Waals surface area contributed by atoms with E-state index < -0.39 is 9.84 Å². The van der Waals surface area contributed by atoms with Crippen molar-refractivity contribution in [2.75, 3.05) is 23.8 Å². The highest BCUT2D eigenvalue weighted by Gasteiger charge is 2.34. The number of para-hydroxylation sites is 1. The molecule has 0 radical (unpaired) electrons. The highest BCUT2D eigenvalue weighted by molar-refractivity contribution is 7.99. The lowest BCUT2D eigenvalue weighted by atomic mass is 10.0. The minimum atomic E-state index is -3.07. The van der Waals surface area contributed by atoms with E-state index in [1.807, 2.05) is 23.6 Å². The van der Waals surface area contributed by atoms with Gasteiger partial charge in [-0.15, -0.1) is 10.2 Å². The molecule has 0 unspecified atom stereocenters. The van der Waals surface area contributed by atoms with Crippen molar-refractivity contribution in [1.82, 2.24) is 24.6 Å². The second kappa shape index (κ2) is 10.9. The summed E-state index contributed by atoms with van der Waals surface area (Å²) in [5, 5.41) is 9.61. The van der Waals surface area contributed by atoms with Gasteiger partial charge in [0.1, 0.15) is 0 Å². The van der Waals surface area contributed by atoms with Gasteiger partial charge in [-0.05, 0) is 49.4 Å². The molecule has 0 bridgehead atoms. The molecule has 4 rings (SSSR count). The summed E-state index contributed by atoms with van der Waals surface area (Å²) in [6.07, 6.45) is 5.67. The fourth-order valence-corrected chi connectivity index (χ4v) is 7.17. The number of hydrogen-bond acceptors (Lipinski definition) is 7. The molecule has 1 amide bonds. The Labute approximate surface area is 211 Å². The van der Waals surface area contributed by atoms with E-state index in [9.17, 15) is 13.2 Å². The normalized spacial score (nSPS) is 16.9. The molecule has 3 heterocycles. The smallest absolute Gasteiger partial charge is 0.233 e. The number of hydrogen-bond donors (Lipinski definition) is 0. The van der Waals surface area contributed by atoms with E-state index in [0.29, 0.717) is 23.9 Å². The number of rotatable bonds is 9. The molecule has 1 aromatic carbocycles. The molecule has 1 atom stereocenters. The summed E-state index contributed by atoms with van der Waals surface area (Å²) in [5.74, 6) is 0.938. The van der Waals surface area contributed by atoms with Crippen molar-refractivity contribution >= 4 is 27.5 Å². The van der Waals surface area contributed by atoms with Crippen LogP contribution in [0.1, 0.15) is 38.3 Å². The number of benzene rings is 1. The molecule has 1 aliphatic rings. The van der Waals surface area contributed by atoms with Crippen LogP contribution in [0.25, 0.3) is 17.1 Å². The summed E-state index contributed by atoms with van der Waals surface area (Å²) in [4.78, 5) is 19.1. The molecule has 35 heavy (non-hydrogen) atoms. The van der Waals surface area contributed by atoms with E-state index in [1.54, 1.807) is 17.3 Å². The molecule has 8 nitrogen and oxygen atoms in total. The number of amides is 1. The van der Waals surface area contributed by atoms with Gasteiger partial charge in [0.15, 0.2) is 20.8 Å². The van der Waals surface area contributed by atoms with E-state index in [2.05, 4.69) is 47.2 Å². The number of carbonyl (C=O) groups is 1. The average Bonchev–Trinajstić information content (AvgIpc) is 3.45. The largest absolute Gasteiger partial charge is 0.338 e. The second-order valence-electron chi connectivity index (χ2n) is 8.54. The van der Waals surface area contributed by atoms with E-state index >= 15 is 0 Å². The Bertz CT molecular complexity index is 1270. The number of sulfone groups is 1. The van der Waals surface area contributed by atoms with Crippen LogP contribution in [0.15, 0.2) is 47.9 Å². The Morgan fingerprint density at radius 3 is 2.43 bits per heavy atom. The van der Waals surface area contributed by atoms with Crippen molar-refractivity contribution in [3.63, 3.8) is 0 Å². The van der Waals surface area contributed by atoms with Crippen molar-refractivity contribution in [3.05, 3.63) is 53.9 Å². The SMILES string of the molecule is CCc1cccc(CC)c1-n1c(SCC(=O)N(CC)[C@@H]2CCS(=O)(=O)C2)nnc1-c1cccnc1. The maximum absolute atomic E-state index is 13.2. The third-order valence-electron chi connectivity index (χ3n) is 6.38. The molecule has 0 saturated carbocycles. The molecule has 0 N–H and O–H groups in total. The zero-order valence-corrected chi connectivity index (χ0v) is 22.0. The van der Waals surface area contributed by atoms with Gasteiger partial charge in [-0.3, -0.25) is 14.3 Å². The summed E-state index contributed by atoms with van der Waals surface area (Å²) < 4.78 is 26.0. The highest BCUT2D eigenvalue weighted by atomic mass is 32.2. The zero-order valence-electron chi connectivity index (χ0n) is 20.3. The molecule has 1 fully saturated rings. The number of thioether (sulfide) groups is 1. The maximum Gasteiger partial charge on any atom is 0.233 e. The number of nitrogens with zero attached hydrogens (tertiary/aromatic N) is 5. The minimum absolute atomic E-state index is 0.0440. The summed E-state index contributed by atoms with van der Waals surface area (Å²) in [5.41, 5.74) is 4.24. The Morgan fingerprint density at radius 1 is 1.11 bits per heavy atom. The number of pyridine rings is 1. The monoisotopic (exact) mass is 513 g/mol. The van der Waals surface area contributed by atoms with Crippen molar-refractivity contribution in [3.8, 4) is 17.1 Å². The summed E-state index contributed by atoms with van der Waals surface area (Å²) >= 11 is 1.33. The molecule has 0 spiro atoms. The molecule has 2 aromatic heterocycles. The summed E-state index contributed by atoms with van der Waals surface area (Å²) in [6, 6.07) is 9.86. The van der Waals surface area contributed by atoms with Gasteiger partial charge in [-0.1, -0.05) is 43.8 Å². The molecule has 10 heteroatoms. The lowest BCUT2D eigenvalue weighted by Crippen LogP contribution is -2.42. The van der Waals surface area contributed by atoms with Crippen LogP contribution >= 0.6 is 11.8 Å². The van der Waals surface area contributed by atoms with E-state index in [1.165, 1.54) is 22.9 Å². The van der Waals surface area contributed by atoms with E-state index in [-0.39, 0.29) is 29.2 Å². The van der Waals surface area contributed by atoms with E-state index in [0.717, 1.165) is 24.1 Å². The second-order valence-corrected chi connectivity index (χ2v) is 11.7. The quantitative estimate of drug-likeness (QED) is 0.403. The molecule has 1 aliphatic heterocycles. The lowest BCUT2D eigenvalue weighted by molar-refractivity contribution is -0.129. The van der Waals surface area contributed by atoms with Crippen LogP contribution in [-0.4, -0.2) is 68.8 Å². The maximum atomic E-state index is 13.2. The molecule has 0 aliphatic carbocycles. The first kappa shape index (κ1) is 25.4. The first-order valence-corrected chi connectivity index (χ1v) is 14.8. The van der Waals surface area contributed by atoms with Gasteiger partial charge in [0.05, 0.1) is 22.9 Å². The zero-order chi connectivity index (χ0) is 25.0. The van der Waals surface area contributed by atoms with Crippen molar-refractivity contribution in [2.45, 2.75) is 51.2 Å². The number of aryl methyl sites for hydroxylation is 2. The van der Waals surface area contributed by atoms with Crippen LogP contribution in [0.2, 0.25) is 0 Å². The molecular formula is C25H31N5O3S2. The van der Waals surface area contributed by atoms with Gasteiger partial charge < -0.3 is 4.90 Å². The first-order valence-electron chi connectivity index (χ1n) is 12.0. The molecular weight excluding hydrogens is 482 g/mol. The van der Waals surface area contributed by atoms with Gasteiger partial charge in [0, 0.05) is 30.5 Å². The molecule has 1 saturated heterocycles. The number of carbonyl (C=O) groups excluding carboxylic acids is 1. The van der Waals surface area contributed by atoms with Crippen LogP contribution in [0.4, 0.5) is 0 Å². The molecule has 186 valence electrons.